The second-order valence-corrected chi connectivity index (χ2v) is 5.73. The third-order valence-corrected chi connectivity index (χ3v) is 3.65. The van der Waals surface area contributed by atoms with E-state index in [1.807, 2.05) is 0 Å². The number of aliphatic carboxylic acids is 1. The Morgan fingerprint density at radius 2 is 1.17 bits per heavy atom. The molecule has 23 heavy (non-hydrogen) atoms. The number of carboxylic acid groups (broad SMARTS) is 1. The summed E-state index contributed by atoms with van der Waals surface area (Å²) >= 11 is 0. The minimum absolute atomic E-state index is 0. The molecule has 0 amide bonds. The van der Waals surface area contributed by atoms with Gasteiger partial charge in [-0.15, -0.1) is 0 Å². The van der Waals surface area contributed by atoms with Crippen LogP contribution in [0.15, 0.2) is 12.2 Å². The van der Waals surface area contributed by atoms with Gasteiger partial charge in [-0.25, -0.2) is 0 Å². The average molecular weight is 353 g/mol. The van der Waals surface area contributed by atoms with Crippen molar-refractivity contribution in [3.8, 4) is 0 Å². The van der Waals surface area contributed by atoms with Crippen LogP contribution in [0.25, 0.3) is 0 Å². The largest absolute Gasteiger partial charge is 2.00 e. The zero-order chi connectivity index (χ0) is 14.9. The fraction of sp³-hybridized carbons (Fsp3) is 0.833. The molecule has 0 unspecified atom stereocenters. The van der Waals surface area contributed by atoms with Crippen LogP contribution in [-0.4, -0.2) is 62.7 Å². The van der Waals surface area contributed by atoms with Gasteiger partial charge in [-0.05, 0) is 32.1 Å². The van der Waals surface area contributed by atoms with Crippen LogP contribution in [-0.2, 0) is 4.79 Å². The van der Waals surface area contributed by atoms with Crippen molar-refractivity contribution in [3.05, 3.63) is 12.2 Å². The van der Waals surface area contributed by atoms with E-state index >= 15 is 0 Å². The van der Waals surface area contributed by atoms with E-state index in [1.165, 1.54) is 70.6 Å². The quantitative estimate of drug-likeness (QED) is 0.256. The van der Waals surface area contributed by atoms with Gasteiger partial charge in [0.25, 0.3) is 0 Å². The Morgan fingerprint density at radius 3 is 1.61 bits per heavy atom. The zero-order valence-electron chi connectivity index (χ0n) is 19.3. The molecule has 0 saturated heterocycles. The van der Waals surface area contributed by atoms with Crippen molar-refractivity contribution in [2.24, 2.45) is 0 Å². The molecule has 0 aromatic heterocycles. The van der Waals surface area contributed by atoms with E-state index in [0.717, 1.165) is 12.8 Å². The predicted molar refractivity (Wildman–Crippen MR) is 107 cm³/mol. The number of carboxylic acids is 1. The summed E-state index contributed by atoms with van der Waals surface area (Å²) in [4.78, 5) is 10.3. The SMILES string of the molecule is CCCCCCCC/C=C\CCCCCCCC(=O)O.O.[H-].[H-].[H-].[H-].[Mg+2].[Mg+2]. The Hall–Kier alpha value is 0.702. The molecule has 0 rings (SSSR count). The van der Waals surface area contributed by atoms with Crippen LogP contribution in [0.2, 0.25) is 0 Å². The van der Waals surface area contributed by atoms with Gasteiger partial charge in [-0.3, -0.25) is 4.79 Å². The molecule has 3 nitrogen and oxygen atoms in total. The van der Waals surface area contributed by atoms with Crippen LogP contribution in [0, 0.1) is 0 Å². The van der Waals surface area contributed by atoms with E-state index in [1.54, 1.807) is 0 Å². The van der Waals surface area contributed by atoms with Gasteiger partial charge in [0.05, 0.1) is 0 Å². The van der Waals surface area contributed by atoms with Gasteiger partial charge >= 0.3 is 52.1 Å². The molecule has 0 aliphatic heterocycles. The summed E-state index contributed by atoms with van der Waals surface area (Å²) in [6, 6.07) is 0. The summed E-state index contributed by atoms with van der Waals surface area (Å²) in [5.74, 6) is -0.664. The van der Waals surface area contributed by atoms with E-state index in [9.17, 15) is 4.79 Å². The van der Waals surface area contributed by atoms with E-state index in [4.69, 9.17) is 5.11 Å². The van der Waals surface area contributed by atoms with E-state index in [2.05, 4.69) is 19.1 Å². The fourth-order valence-corrected chi connectivity index (χ4v) is 2.35. The molecule has 0 radical (unpaired) electrons. The third kappa shape index (κ3) is 31.0. The normalized spacial score (nSPS) is 9.78. The summed E-state index contributed by atoms with van der Waals surface area (Å²) in [7, 11) is 0. The summed E-state index contributed by atoms with van der Waals surface area (Å²) in [5.41, 5.74) is 0. The number of rotatable bonds is 15. The maximum atomic E-state index is 10.3. The van der Waals surface area contributed by atoms with Gasteiger partial charge in [0.1, 0.15) is 0 Å². The van der Waals surface area contributed by atoms with Crippen LogP contribution in [0.4, 0.5) is 0 Å². The Balaban J connectivity index is -0.0000000860. The van der Waals surface area contributed by atoms with Crippen molar-refractivity contribution in [2.75, 3.05) is 0 Å². The second kappa shape index (κ2) is 27.5. The Labute approximate surface area is 181 Å². The Kier molecular flexibility index (Phi) is 37.7. The number of carbonyl (C=O) groups is 1. The minimum Gasteiger partial charge on any atom is -1.00 e. The standard InChI is InChI=1S/C18H34O2.2Mg.H2O.4H/c1-2-3-4-5-6-7-8-9-10-11-12-13-14-15-16-17-18(19)20;;;;;;;/h9-10H,2-8,11-17H2,1H3,(H,19,20);;;1H2;;;;/q;2*+2;;4*-1/b10-9-;;;;;;;. The van der Waals surface area contributed by atoms with Crippen molar-refractivity contribution in [2.45, 2.75) is 96.8 Å². The second-order valence-electron chi connectivity index (χ2n) is 5.73. The van der Waals surface area contributed by atoms with E-state index in [0.29, 0.717) is 6.42 Å². The molecule has 0 aliphatic rings. The summed E-state index contributed by atoms with van der Waals surface area (Å²) < 4.78 is 0. The molecule has 0 heterocycles. The Bertz CT molecular complexity index is 263. The molecule has 0 saturated carbocycles. The number of allylic oxidation sites excluding steroid dienone is 2. The van der Waals surface area contributed by atoms with E-state index in [-0.39, 0.29) is 57.3 Å². The number of hydrogen-bond acceptors (Lipinski definition) is 1. The van der Waals surface area contributed by atoms with Crippen molar-refractivity contribution in [1.29, 1.82) is 0 Å². The number of hydrogen-bond donors (Lipinski definition) is 1. The first-order chi connectivity index (χ1) is 9.77. The van der Waals surface area contributed by atoms with Crippen molar-refractivity contribution in [1.82, 2.24) is 0 Å². The molecule has 134 valence electrons. The number of unbranched alkanes of at least 4 members (excludes halogenated alkanes) is 11. The molecule has 0 fully saturated rings. The maximum Gasteiger partial charge on any atom is 2.00 e. The van der Waals surface area contributed by atoms with Gasteiger partial charge in [0, 0.05) is 6.42 Å². The molecule has 0 aliphatic carbocycles. The monoisotopic (exact) mass is 352 g/mol. The molecular formula is C18H40Mg2O3. The average Bonchev–Trinajstić information content (AvgIpc) is 2.43. The smallest absolute Gasteiger partial charge is 1.00 e. The van der Waals surface area contributed by atoms with Gasteiger partial charge in [-0.1, -0.05) is 70.4 Å². The van der Waals surface area contributed by atoms with Crippen LogP contribution in [0.3, 0.4) is 0 Å². The van der Waals surface area contributed by atoms with Gasteiger partial charge in [0.15, 0.2) is 0 Å². The van der Waals surface area contributed by atoms with E-state index < -0.39 is 5.97 Å². The van der Waals surface area contributed by atoms with Crippen molar-refractivity contribution < 1.29 is 21.1 Å². The molecule has 3 N–H and O–H groups in total. The minimum atomic E-state index is -0.664. The molecule has 0 atom stereocenters. The van der Waals surface area contributed by atoms with Crippen LogP contribution in [0.1, 0.15) is 103 Å². The zero-order valence-corrected chi connectivity index (χ0v) is 18.2. The first-order valence-electron chi connectivity index (χ1n) is 8.64. The molecule has 0 aromatic rings. The van der Waals surface area contributed by atoms with Crippen LogP contribution < -0.4 is 0 Å². The van der Waals surface area contributed by atoms with Gasteiger partial charge < -0.3 is 16.3 Å². The Morgan fingerprint density at radius 1 is 0.783 bits per heavy atom. The van der Waals surface area contributed by atoms with Crippen molar-refractivity contribution >= 4 is 52.1 Å². The first kappa shape index (κ1) is 31.5. The van der Waals surface area contributed by atoms with Crippen LogP contribution >= 0.6 is 0 Å². The first-order valence-corrected chi connectivity index (χ1v) is 8.64. The molecular weight excluding hydrogens is 313 g/mol. The van der Waals surface area contributed by atoms with Gasteiger partial charge in [0.2, 0.25) is 0 Å². The summed E-state index contributed by atoms with van der Waals surface area (Å²) in [6.45, 7) is 2.26. The molecule has 0 aromatic carbocycles. The fourth-order valence-electron chi connectivity index (χ4n) is 2.35. The molecule has 0 bridgehead atoms. The topological polar surface area (TPSA) is 68.8 Å². The molecule has 0 spiro atoms. The third-order valence-electron chi connectivity index (χ3n) is 3.65. The van der Waals surface area contributed by atoms with Crippen LogP contribution in [0.5, 0.6) is 0 Å². The summed E-state index contributed by atoms with van der Waals surface area (Å²) in [5, 5.41) is 8.51. The van der Waals surface area contributed by atoms with Gasteiger partial charge in [-0.2, -0.15) is 0 Å². The summed E-state index contributed by atoms with van der Waals surface area (Å²) in [6.07, 6.45) is 21.2. The maximum absolute atomic E-state index is 10.3. The van der Waals surface area contributed by atoms with Crippen molar-refractivity contribution in [3.63, 3.8) is 0 Å². The molecule has 5 heteroatoms. The predicted octanol–water partition coefficient (Wildman–Crippen LogP) is 4.97.